The van der Waals surface area contributed by atoms with E-state index in [1.54, 1.807) is 12.1 Å². The summed E-state index contributed by atoms with van der Waals surface area (Å²) in [5, 5.41) is 0.503. The number of hydrogen-bond donors (Lipinski definition) is 0. The minimum Gasteiger partial charge on any atom is -0.493 e. The zero-order chi connectivity index (χ0) is 14.5. The van der Waals surface area contributed by atoms with Gasteiger partial charge in [-0.15, -0.1) is 0 Å². The van der Waals surface area contributed by atoms with Crippen molar-refractivity contribution < 1.29 is 9.53 Å². The van der Waals surface area contributed by atoms with Crippen LogP contribution in [0.3, 0.4) is 0 Å². The molecular formula is C17H17ClO2. The van der Waals surface area contributed by atoms with Gasteiger partial charge in [-0.3, -0.25) is 4.79 Å². The Labute approximate surface area is 124 Å². The van der Waals surface area contributed by atoms with E-state index in [1.165, 1.54) is 0 Å². The molecule has 3 heteroatoms. The van der Waals surface area contributed by atoms with E-state index in [1.807, 2.05) is 44.2 Å². The summed E-state index contributed by atoms with van der Waals surface area (Å²) in [4.78, 5) is 12.6. The van der Waals surface area contributed by atoms with Crippen molar-refractivity contribution in [2.75, 3.05) is 6.61 Å². The first-order chi connectivity index (χ1) is 9.65. The lowest BCUT2D eigenvalue weighted by Crippen LogP contribution is -2.07. The van der Waals surface area contributed by atoms with Crippen molar-refractivity contribution in [3.63, 3.8) is 0 Å². The van der Waals surface area contributed by atoms with Crippen LogP contribution in [0.2, 0.25) is 5.02 Å². The quantitative estimate of drug-likeness (QED) is 0.748. The molecular weight excluding hydrogens is 272 g/mol. The van der Waals surface area contributed by atoms with Crippen LogP contribution < -0.4 is 4.74 Å². The summed E-state index contributed by atoms with van der Waals surface area (Å²) in [7, 11) is 0. The number of benzene rings is 2. The molecule has 0 aliphatic rings. The SMILES string of the molecule is CCCOc1ccccc1C(=O)c1cccc(C)c1Cl. The predicted molar refractivity (Wildman–Crippen MR) is 81.8 cm³/mol. The number of hydrogen-bond acceptors (Lipinski definition) is 2. The summed E-state index contributed by atoms with van der Waals surface area (Å²) in [5.41, 5.74) is 1.96. The van der Waals surface area contributed by atoms with Gasteiger partial charge < -0.3 is 4.74 Å². The van der Waals surface area contributed by atoms with Crippen molar-refractivity contribution in [2.45, 2.75) is 20.3 Å². The van der Waals surface area contributed by atoms with Crippen molar-refractivity contribution >= 4 is 17.4 Å². The Morgan fingerprint density at radius 3 is 2.55 bits per heavy atom. The molecule has 0 saturated heterocycles. The van der Waals surface area contributed by atoms with E-state index in [9.17, 15) is 4.79 Å². The Morgan fingerprint density at radius 1 is 1.10 bits per heavy atom. The highest BCUT2D eigenvalue weighted by atomic mass is 35.5. The Kier molecular flexibility index (Phi) is 4.80. The first kappa shape index (κ1) is 14.6. The van der Waals surface area contributed by atoms with Gasteiger partial charge in [-0.25, -0.2) is 0 Å². The van der Waals surface area contributed by atoms with Crippen LogP contribution in [0.5, 0.6) is 5.75 Å². The van der Waals surface area contributed by atoms with E-state index in [0.29, 0.717) is 28.5 Å². The normalized spacial score (nSPS) is 10.3. The van der Waals surface area contributed by atoms with E-state index in [0.717, 1.165) is 12.0 Å². The van der Waals surface area contributed by atoms with Crippen LogP contribution in [0.25, 0.3) is 0 Å². The number of rotatable bonds is 5. The molecule has 20 heavy (non-hydrogen) atoms. The number of para-hydroxylation sites is 1. The number of ketones is 1. The molecule has 0 spiro atoms. The molecule has 0 atom stereocenters. The maximum absolute atomic E-state index is 12.6. The molecule has 0 fully saturated rings. The predicted octanol–water partition coefficient (Wildman–Crippen LogP) is 4.67. The van der Waals surface area contributed by atoms with Gasteiger partial charge >= 0.3 is 0 Å². The summed E-state index contributed by atoms with van der Waals surface area (Å²) in [6.45, 7) is 4.51. The molecule has 0 saturated carbocycles. The highest BCUT2D eigenvalue weighted by Gasteiger charge is 2.17. The monoisotopic (exact) mass is 288 g/mol. The second-order valence-corrected chi connectivity index (χ2v) is 4.99. The van der Waals surface area contributed by atoms with Gasteiger partial charge in [0.25, 0.3) is 0 Å². The molecule has 0 N–H and O–H groups in total. The number of carbonyl (C=O) groups excluding carboxylic acids is 1. The van der Waals surface area contributed by atoms with Gasteiger partial charge in [0.2, 0.25) is 0 Å². The van der Waals surface area contributed by atoms with Gasteiger partial charge in [0.1, 0.15) is 5.75 Å². The molecule has 0 bridgehead atoms. The van der Waals surface area contributed by atoms with E-state index < -0.39 is 0 Å². The van der Waals surface area contributed by atoms with Gasteiger partial charge in [0.05, 0.1) is 17.2 Å². The first-order valence-electron chi connectivity index (χ1n) is 6.66. The molecule has 0 aliphatic carbocycles. The molecule has 0 amide bonds. The van der Waals surface area contributed by atoms with Crippen LogP contribution in [-0.4, -0.2) is 12.4 Å². The number of halogens is 1. The van der Waals surface area contributed by atoms with Crippen LogP contribution in [-0.2, 0) is 0 Å². The molecule has 2 nitrogen and oxygen atoms in total. The summed E-state index contributed by atoms with van der Waals surface area (Å²) in [6.07, 6.45) is 0.897. The highest BCUT2D eigenvalue weighted by molar-refractivity contribution is 6.35. The topological polar surface area (TPSA) is 26.3 Å². The third-order valence-corrected chi connectivity index (χ3v) is 3.53. The molecule has 2 aromatic carbocycles. The summed E-state index contributed by atoms with van der Waals surface area (Å²) >= 11 is 6.23. The maximum atomic E-state index is 12.6. The lowest BCUT2D eigenvalue weighted by molar-refractivity contribution is 0.103. The Bertz CT molecular complexity index is 620. The largest absolute Gasteiger partial charge is 0.493 e. The van der Waals surface area contributed by atoms with Crippen molar-refractivity contribution in [2.24, 2.45) is 0 Å². The second-order valence-electron chi connectivity index (χ2n) is 4.61. The van der Waals surface area contributed by atoms with Crippen molar-refractivity contribution in [1.29, 1.82) is 0 Å². The Morgan fingerprint density at radius 2 is 1.80 bits per heavy atom. The second kappa shape index (κ2) is 6.58. The standard InChI is InChI=1S/C17H17ClO2/c1-3-11-20-15-10-5-4-8-13(15)17(19)14-9-6-7-12(2)16(14)18/h4-10H,3,11H2,1-2H3. The van der Waals surface area contributed by atoms with Crippen molar-refractivity contribution in [3.05, 3.63) is 64.2 Å². The molecule has 0 heterocycles. The molecule has 0 aromatic heterocycles. The van der Waals surface area contributed by atoms with Gasteiger partial charge in [-0.1, -0.05) is 42.8 Å². The minimum absolute atomic E-state index is 0.106. The molecule has 2 aromatic rings. The molecule has 0 unspecified atom stereocenters. The van der Waals surface area contributed by atoms with Crippen LogP contribution in [0.4, 0.5) is 0 Å². The van der Waals surface area contributed by atoms with Crippen molar-refractivity contribution in [3.8, 4) is 5.75 Å². The number of aryl methyl sites for hydroxylation is 1. The fourth-order valence-corrected chi connectivity index (χ4v) is 2.17. The Hall–Kier alpha value is -1.80. The lowest BCUT2D eigenvalue weighted by Gasteiger charge is -2.11. The van der Waals surface area contributed by atoms with E-state index >= 15 is 0 Å². The average molecular weight is 289 g/mol. The molecule has 0 aliphatic heterocycles. The smallest absolute Gasteiger partial charge is 0.198 e. The van der Waals surface area contributed by atoms with E-state index in [-0.39, 0.29) is 5.78 Å². The van der Waals surface area contributed by atoms with Crippen molar-refractivity contribution in [1.82, 2.24) is 0 Å². The zero-order valence-electron chi connectivity index (χ0n) is 11.7. The first-order valence-corrected chi connectivity index (χ1v) is 7.04. The third kappa shape index (κ3) is 3.02. The van der Waals surface area contributed by atoms with Crippen LogP contribution in [0.1, 0.15) is 34.8 Å². The highest BCUT2D eigenvalue weighted by Crippen LogP contribution is 2.27. The molecule has 2 rings (SSSR count). The van der Waals surface area contributed by atoms with E-state index in [2.05, 4.69) is 0 Å². The summed E-state index contributed by atoms with van der Waals surface area (Å²) in [6, 6.07) is 12.7. The van der Waals surface area contributed by atoms with Gasteiger partial charge in [0.15, 0.2) is 5.78 Å². The van der Waals surface area contributed by atoms with Crippen LogP contribution in [0.15, 0.2) is 42.5 Å². The third-order valence-electron chi connectivity index (χ3n) is 3.03. The number of ether oxygens (including phenoxy) is 1. The fourth-order valence-electron chi connectivity index (χ4n) is 1.96. The minimum atomic E-state index is -0.106. The molecule has 104 valence electrons. The summed E-state index contributed by atoms with van der Waals surface area (Å²) < 4.78 is 5.64. The maximum Gasteiger partial charge on any atom is 0.198 e. The molecule has 0 radical (unpaired) electrons. The van der Waals surface area contributed by atoms with E-state index in [4.69, 9.17) is 16.3 Å². The average Bonchev–Trinajstić information content (AvgIpc) is 2.47. The Balaban J connectivity index is 2.40. The van der Waals surface area contributed by atoms with Gasteiger partial charge in [0, 0.05) is 5.56 Å². The van der Waals surface area contributed by atoms with Gasteiger partial charge in [-0.05, 0) is 37.1 Å². The zero-order valence-corrected chi connectivity index (χ0v) is 12.4. The lowest BCUT2D eigenvalue weighted by atomic mass is 10.0. The summed E-state index contributed by atoms with van der Waals surface area (Å²) in [5.74, 6) is 0.502. The van der Waals surface area contributed by atoms with Crippen LogP contribution in [0, 0.1) is 6.92 Å². The van der Waals surface area contributed by atoms with Gasteiger partial charge in [-0.2, -0.15) is 0 Å². The fraction of sp³-hybridized carbons (Fsp3) is 0.235. The number of carbonyl (C=O) groups is 1. The van der Waals surface area contributed by atoms with Crippen LogP contribution >= 0.6 is 11.6 Å².